The van der Waals surface area contributed by atoms with Crippen molar-refractivity contribution < 1.29 is 9.59 Å². The van der Waals surface area contributed by atoms with E-state index in [4.69, 9.17) is 0 Å². The van der Waals surface area contributed by atoms with E-state index in [1.165, 1.54) is 0 Å². The zero-order valence-electron chi connectivity index (χ0n) is 13.6. The highest BCUT2D eigenvalue weighted by molar-refractivity contribution is 5.94. The van der Waals surface area contributed by atoms with Gasteiger partial charge in [0.1, 0.15) is 0 Å². The van der Waals surface area contributed by atoms with Crippen LogP contribution in [0.3, 0.4) is 0 Å². The van der Waals surface area contributed by atoms with Crippen molar-refractivity contribution in [2.75, 3.05) is 33.7 Å². The molecule has 0 spiro atoms. The summed E-state index contributed by atoms with van der Waals surface area (Å²) in [5, 5.41) is 2.96. The molecule has 1 fully saturated rings. The fraction of sp³-hybridized carbons (Fsp3) is 0.529. The fourth-order valence-corrected chi connectivity index (χ4v) is 2.66. The molecule has 0 bridgehead atoms. The average Bonchev–Trinajstić information content (AvgIpc) is 2.93. The Kier molecular flexibility index (Phi) is 5.41. The Bertz CT molecular complexity index is 542. The third-order valence-electron chi connectivity index (χ3n) is 3.98. The van der Waals surface area contributed by atoms with Crippen LogP contribution in [0, 0.1) is 5.92 Å². The van der Waals surface area contributed by atoms with Crippen LogP contribution in [0.2, 0.25) is 0 Å². The predicted octanol–water partition coefficient (Wildman–Crippen LogP) is 1.98. The van der Waals surface area contributed by atoms with E-state index in [1.807, 2.05) is 29.2 Å². The van der Waals surface area contributed by atoms with Crippen molar-refractivity contribution in [3.63, 3.8) is 0 Å². The molecule has 0 aromatic heterocycles. The Morgan fingerprint density at radius 2 is 2.14 bits per heavy atom. The van der Waals surface area contributed by atoms with Crippen LogP contribution in [0.15, 0.2) is 24.3 Å². The first kappa shape index (κ1) is 16.3. The van der Waals surface area contributed by atoms with Gasteiger partial charge in [0.2, 0.25) is 0 Å². The Morgan fingerprint density at radius 3 is 2.77 bits per heavy atom. The molecule has 5 heteroatoms. The molecule has 0 saturated carbocycles. The van der Waals surface area contributed by atoms with Crippen LogP contribution >= 0.6 is 0 Å². The molecular formula is C17H25N3O2. The van der Waals surface area contributed by atoms with Gasteiger partial charge in [0, 0.05) is 39.3 Å². The Morgan fingerprint density at radius 1 is 1.36 bits per heavy atom. The maximum absolute atomic E-state index is 12.0. The number of carbonyl (C=O) groups excluding carboxylic acids is 2. The van der Waals surface area contributed by atoms with Crippen molar-refractivity contribution in [3.05, 3.63) is 35.4 Å². The van der Waals surface area contributed by atoms with Crippen LogP contribution in [-0.2, 0) is 6.42 Å². The second-order valence-electron chi connectivity index (χ2n) is 6.22. The van der Waals surface area contributed by atoms with Crippen molar-refractivity contribution in [3.8, 4) is 0 Å². The SMILES string of the molecule is CC1CCN(C(=O)NCCc2cccc(C(=O)N(C)C)c2)C1. The lowest BCUT2D eigenvalue weighted by molar-refractivity contribution is 0.0827. The molecule has 1 unspecified atom stereocenters. The lowest BCUT2D eigenvalue weighted by Crippen LogP contribution is -2.39. The molecule has 0 radical (unpaired) electrons. The summed E-state index contributed by atoms with van der Waals surface area (Å²) in [6.07, 6.45) is 1.81. The number of nitrogens with one attached hydrogen (secondary N) is 1. The molecular weight excluding hydrogens is 278 g/mol. The number of hydrogen-bond acceptors (Lipinski definition) is 2. The molecule has 2 rings (SSSR count). The third kappa shape index (κ3) is 4.23. The lowest BCUT2D eigenvalue weighted by Gasteiger charge is -2.17. The summed E-state index contributed by atoms with van der Waals surface area (Å²) in [4.78, 5) is 27.4. The third-order valence-corrected chi connectivity index (χ3v) is 3.98. The van der Waals surface area contributed by atoms with Crippen molar-refractivity contribution in [2.24, 2.45) is 5.92 Å². The number of urea groups is 1. The number of rotatable bonds is 4. The Hall–Kier alpha value is -2.04. The number of nitrogens with zero attached hydrogens (tertiary/aromatic N) is 2. The molecule has 1 aliphatic rings. The first-order valence-corrected chi connectivity index (χ1v) is 7.80. The largest absolute Gasteiger partial charge is 0.345 e. The highest BCUT2D eigenvalue weighted by atomic mass is 16.2. The van der Waals surface area contributed by atoms with Crippen LogP contribution in [0.4, 0.5) is 4.79 Å². The van der Waals surface area contributed by atoms with E-state index >= 15 is 0 Å². The summed E-state index contributed by atoms with van der Waals surface area (Å²) < 4.78 is 0. The van der Waals surface area contributed by atoms with E-state index in [9.17, 15) is 9.59 Å². The van der Waals surface area contributed by atoms with Crippen LogP contribution < -0.4 is 5.32 Å². The maximum Gasteiger partial charge on any atom is 0.317 e. The topological polar surface area (TPSA) is 52.7 Å². The molecule has 22 heavy (non-hydrogen) atoms. The van der Waals surface area contributed by atoms with Crippen LogP contribution in [0.5, 0.6) is 0 Å². The van der Waals surface area contributed by atoms with Gasteiger partial charge in [0.25, 0.3) is 5.91 Å². The summed E-state index contributed by atoms with van der Waals surface area (Å²) in [6.45, 7) is 4.45. The van der Waals surface area contributed by atoms with Gasteiger partial charge in [-0.25, -0.2) is 4.79 Å². The van der Waals surface area contributed by atoms with Gasteiger partial charge in [0.05, 0.1) is 0 Å². The zero-order chi connectivity index (χ0) is 16.1. The van der Waals surface area contributed by atoms with Gasteiger partial charge in [-0.15, -0.1) is 0 Å². The van der Waals surface area contributed by atoms with E-state index in [2.05, 4.69) is 12.2 Å². The summed E-state index contributed by atoms with van der Waals surface area (Å²) >= 11 is 0. The number of carbonyl (C=O) groups is 2. The minimum absolute atomic E-state index is 0.00283. The van der Waals surface area contributed by atoms with Gasteiger partial charge < -0.3 is 15.1 Å². The van der Waals surface area contributed by atoms with E-state index in [1.54, 1.807) is 19.0 Å². The Balaban J connectivity index is 1.83. The molecule has 0 aliphatic carbocycles. The number of amides is 3. The molecule has 1 aromatic carbocycles. The van der Waals surface area contributed by atoms with E-state index < -0.39 is 0 Å². The van der Waals surface area contributed by atoms with E-state index in [-0.39, 0.29) is 11.9 Å². The van der Waals surface area contributed by atoms with Crippen LogP contribution in [0.25, 0.3) is 0 Å². The highest BCUT2D eigenvalue weighted by Crippen LogP contribution is 2.14. The first-order valence-electron chi connectivity index (χ1n) is 7.80. The molecule has 1 N–H and O–H groups in total. The van der Waals surface area contributed by atoms with Gasteiger partial charge >= 0.3 is 6.03 Å². The average molecular weight is 303 g/mol. The Labute approximate surface area is 132 Å². The van der Waals surface area contributed by atoms with Crippen molar-refractivity contribution in [1.82, 2.24) is 15.1 Å². The molecule has 1 aliphatic heterocycles. The van der Waals surface area contributed by atoms with Gasteiger partial charge in [-0.3, -0.25) is 4.79 Å². The number of benzene rings is 1. The van der Waals surface area contributed by atoms with Gasteiger partial charge in [-0.1, -0.05) is 19.1 Å². The van der Waals surface area contributed by atoms with Crippen molar-refractivity contribution in [1.29, 1.82) is 0 Å². The summed E-state index contributed by atoms with van der Waals surface area (Å²) in [5.41, 5.74) is 1.74. The van der Waals surface area contributed by atoms with Crippen LogP contribution in [0.1, 0.15) is 29.3 Å². The van der Waals surface area contributed by atoms with Gasteiger partial charge in [-0.05, 0) is 36.5 Å². The van der Waals surface area contributed by atoms with Gasteiger partial charge in [0.15, 0.2) is 0 Å². The monoisotopic (exact) mass is 303 g/mol. The lowest BCUT2D eigenvalue weighted by atomic mass is 10.1. The normalized spacial score (nSPS) is 17.4. The fourth-order valence-electron chi connectivity index (χ4n) is 2.66. The van der Waals surface area contributed by atoms with E-state index in [0.717, 1.165) is 31.5 Å². The maximum atomic E-state index is 12.0. The van der Waals surface area contributed by atoms with E-state index in [0.29, 0.717) is 18.0 Å². The number of hydrogen-bond donors (Lipinski definition) is 1. The van der Waals surface area contributed by atoms with Crippen molar-refractivity contribution in [2.45, 2.75) is 19.8 Å². The molecule has 1 aromatic rings. The smallest absolute Gasteiger partial charge is 0.317 e. The quantitative estimate of drug-likeness (QED) is 0.925. The zero-order valence-corrected chi connectivity index (χ0v) is 13.6. The predicted molar refractivity (Wildman–Crippen MR) is 86.9 cm³/mol. The summed E-state index contributed by atoms with van der Waals surface area (Å²) in [5.74, 6) is 0.594. The van der Waals surface area contributed by atoms with Crippen LogP contribution in [-0.4, -0.2) is 55.5 Å². The standard InChI is InChI=1S/C17H25N3O2/c1-13-8-10-20(12-13)17(22)18-9-7-14-5-4-6-15(11-14)16(21)19(2)3/h4-6,11,13H,7-10,12H2,1-3H3,(H,18,22). The minimum atomic E-state index is -0.00283. The molecule has 3 amide bonds. The first-order chi connectivity index (χ1) is 10.5. The molecule has 5 nitrogen and oxygen atoms in total. The highest BCUT2D eigenvalue weighted by Gasteiger charge is 2.22. The minimum Gasteiger partial charge on any atom is -0.345 e. The number of likely N-dealkylation sites (tertiary alicyclic amines) is 1. The molecule has 1 atom stereocenters. The second-order valence-corrected chi connectivity index (χ2v) is 6.22. The second kappa shape index (κ2) is 7.29. The summed E-state index contributed by atoms with van der Waals surface area (Å²) in [6, 6.07) is 7.60. The van der Waals surface area contributed by atoms with Gasteiger partial charge in [-0.2, -0.15) is 0 Å². The molecule has 1 heterocycles. The molecule has 1 saturated heterocycles. The van der Waals surface area contributed by atoms with Crippen molar-refractivity contribution >= 4 is 11.9 Å². The summed E-state index contributed by atoms with van der Waals surface area (Å²) in [7, 11) is 3.48. The molecule has 120 valence electrons.